The standard InChI is InChI=1S/C8H22N2O2Si/c1-13(11,12)8-4-2-3-6-10-7-5-9/h10-12H,2-9H2,1H3. The van der Waals surface area contributed by atoms with E-state index >= 15 is 0 Å². The third kappa shape index (κ3) is 12.1. The van der Waals surface area contributed by atoms with Gasteiger partial charge in [0.05, 0.1) is 0 Å². The normalized spacial score (nSPS) is 12.0. The third-order valence-corrected chi connectivity index (χ3v) is 3.13. The van der Waals surface area contributed by atoms with Gasteiger partial charge in [0.25, 0.3) is 0 Å². The molecule has 0 saturated heterocycles. The molecule has 0 amide bonds. The molecule has 13 heavy (non-hydrogen) atoms. The average molecular weight is 206 g/mol. The van der Waals surface area contributed by atoms with Crippen LogP contribution in [0.25, 0.3) is 0 Å². The topological polar surface area (TPSA) is 78.5 Å². The molecule has 0 bridgehead atoms. The van der Waals surface area contributed by atoms with E-state index < -0.39 is 8.56 Å². The number of hydrogen-bond acceptors (Lipinski definition) is 4. The molecule has 0 aromatic carbocycles. The van der Waals surface area contributed by atoms with Crippen molar-refractivity contribution in [2.45, 2.75) is 31.9 Å². The Morgan fingerprint density at radius 3 is 2.38 bits per heavy atom. The number of hydrogen-bond donors (Lipinski definition) is 4. The summed E-state index contributed by atoms with van der Waals surface area (Å²) < 4.78 is 0. The smallest absolute Gasteiger partial charge is 0.329 e. The molecule has 0 aromatic heterocycles. The van der Waals surface area contributed by atoms with E-state index in [1.54, 1.807) is 6.55 Å². The maximum Gasteiger partial charge on any atom is 0.329 e. The molecular weight excluding hydrogens is 184 g/mol. The molecule has 80 valence electrons. The number of nitrogens with one attached hydrogen (secondary N) is 1. The minimum Gasteiger partial charge on any atom is -0.411 e. The molecule has 0 unspecified atom stereocenters. The van der Waals surface area contributed by atoms with Crippen molar-refractivity contribution in [2.24, 2.45) is 5.73 Å². The van der Waals surface area contributed by atoms with E-state index in [0.29, 0.717) is 12.6 Å². The van der Waals surface area contributed by atoms with Crippen LogP contribution >= 0.6 is 0 Å². The molecular formula is C8H22N2O2Si. The Hall–Kier alpha value is 0.0569. The van der Waals surface area contributed by atoms with Crippen LogP contribution in [-0.2, 0) is 0 Å². The van der Waals surface area contributed by atoms with Crippen molar-refractivity contribution in [2.75, 3.05) is 19.6 Å². The first-order valence-electron chi connectivity index (χ1n) is 4.92. The molecule has 0 spiro atoms. The largest absolute Gasteiger partial charge is 0.411 e. The first-order chi connectivity index (χ1) is 6.06. The van der Waals surface area contributed by atoms with Crippen molar-refractivity contribution in [3.05, 3.63) is 0 Å². The minimum absolute atomic E-state index is 0.587. The van der Waals surface area contributed by atoms with Crippen molar-refractivity contribution in [3.63, 3.8) is 0 Å². The van der Waals surface area contributed by atoms with Gasteiger partial charge in [0, 0.05) is 13.1 Å². The van der Waals surface area contributed by atoms with E-state index in [-0.39, 0.29) is 0 Å². The SMILES string of the molecule is C[Si](O)(O)CCCCCNCCN. The highest BCUT2D eigenvalue weighted by atomic mass is 28.4. The fourth-order valence-corrected chi connectivity index (χ4v) is 2.03. The lowest BCUT2D eigenvalue weighted by atomic mass is 10.2. The monoisotopic (exact) mass is 206 g/mol. The summed E-state index contributed by atoms with van der Waals surface area (Å²) in [6.45, 7) is 4.08. The van der Waals surface area contributed by atoms with Gasteiger partial charge >= 0.3 is 8.56 Å². The van der Waals surface area contributed by atoms with Crippen LogP contribution in [0.1, 0.15) is 19.3 Å². The molecule has 4 nitrogen and oxygen atoms in total. The molecule has 0 atom stereocenters. The van der Waals surface area contributed by atoms with Crippen molar-refractivity contribution in [3.8, 4) is 0 Å². The van der Waals surface area contributed by atoms with Crippen molar-refractivity contribution in [1.82, 2.24) is 5.32 Å². The van der Waals surface area contributed by atoms with E-state index in [0.717, 1.165) is 32.4 Å². The molecule has 0 fully saturated rings. The zero-order chi connectivity index (χ0) is 10.2. The average Bonchev–Trinajstić information content (AvgIpc) is 2.01. The van der Waals surface area contributed by atoms with Crippen LogP contribution in [-0.4, -0.2) is 37.8 Å². The van der Waals surface area contributed by atoms with E-state index in [2.05, 4.69) is 5.32 Å². The van der Waals surface area contributed by atoms with Gasteiger partial charge in [-0.2, -0.15) is 0 Å². The summed E-state index contributed by atoms with van der Waals surface area (Å²) in [5, 5.41) is 3.19. The third-order valence-electron chi connectivity index (χ3n) is 1.83. The van der Waals surface area contributed by atoms with E-state index in [1.165, 1.54) is 0 Å². The lowest BCUT2D eigenvalue weighted by Gasteiger charge is -2.10. The second-order valence-electron chi connectivity index (χ2n) is 3.57. The van der Waals surface area contributed by atoms with Crippen molar-refractivity contribution >= 4 is 8.56 Å². The van der Waals surface area contributed by atoms with Crippen LogP contribution in [0.3, 0.4) is 0 Å². The number of rotatable bonds is 8. The Labute approximate surface area is 81.4 Å². The lowest BCUT2D eigenvalue weighted by Crippen LogP contribution is -2.29. The Bertz CT molecular complexity index is 117. The van der Waals surface area contributed by atoms with E-state index in [9.17, 15) is 0 Å². The minimum atomic E-state index is -2.77. The van der Waals surface area contributed by atoms with Gasteiger partial charge in [-0.05, 0) is 25.6 Å². The highest BCUT2D eigenvalue weighted by Crippen LogP contribution is 2.08. The predicted molar refractivity (Wildman–Crippen MR) is 56.6 cm³/mol. The molecule has 0 heterocycles. The molecule has 5 N–H and O–H groups in total. The molecule has 0 aliphatic rings. The van der Waals surface area contributed by atoms with Crippen LogP contribution < -0.4 is 11.1 Å². The zero-order valence-corrected chi connectivity index (χ0v) is 9.42. The summed E-state index contributed by atoms with van der Waals surface area (Å²) >= 11 is 0. The van der Waals surface area contributed by atoms with Gasteiger partial charge in [0.15, 0.2) is 0 Å². The molecule has 0 radical (unpaired) electrons. The summed E-state index contributed by atoms with van der Waals surface area (Å²) in [6.07, 6.45) is 3.06. The van der Waals surface area contributed by atoms with Crippen molar-refractivity contribution < 1.29 is 9.59 Å². The maximum absolute atomic E-state index is 9.12. The fraction of sp³-hybridized carbons (Fsp3) is 1.00. The zero-order valence-electron chi connectivity index (χ0n) is 8.42. The summed E-state index contributed by atoms with van der Waals surface area (Å²) in [4.78, 5) is 18.2. The summed E-state index contributed by atoms with van der Waals surface area (Å²) in [7, 11) is -2.77. The Kier molecular flexibility index (Phi) is 7.49. The van der Waals surface area contributed by atoms with Gasteiger partial charge in [-0.25, -0.2) is 0 Å². The fourth-order valence-electron chi connectivity index (χ4n) is 1.11. The first-order valence-corrected chi connectivity index (χ1v) is 7.52. The summed E-state index contributed by atoms with van der Waals surface area (Å²) in [6, 6.07) is 0.587. The second kappa shape index (κ2) is 7.46. The Balaban J connectivity index is 3.00. The van der Waals surface area contributed by atoms with Crippen LogP contribution in [0.5, 0.6) is 0 Å². The van der Waals surface area contributed by atoms with Gasteiger partial charge in [0.2, 0.25) is 0 Å². The van der Waals surface area contributed by atoms with Gasteiger partial charge in [-0.3, -0.25) is 0 Å². The van der Waals surface area contributed by atoms with E-state index in [4.69, 9.17) is 15.3 Å². The molecule has 0 aliphatic carbocycles. The second-order valence-corrected chi connectivity index (χ2v) is 6.50. The summed E-state index contributed by atoms with van der Waals surface area (Å²) in [5.41, 5.74) is 5.30. The maximum atomic E-state index is 9.12. The van der Waals surface area contributed by atoms with Gasteiger partial charge in [-0.1, -0.05) is 12.8 Å². The molecule has 0 aliphatic heterocycles. The van der Waals surface area contributed by atoms with Crippen molar-refractivity contribution in [1.29, 1.82) is 0 Å². The molecule has 0 rings (SSSR count). The molecule has 5 heteroatoms. The highest BCUT2D eigenvalue weighted by Gasteiger charge is 2.19. The number of nitrogens with two attached hydrogens (primary N) is 1. The summed E-state index contributed by atoms with van der Waals surface area (Å²) in [5.74, 6) is 0. The van der Waals surface area contributed by atoms with E-state index in [1.807, 2.05) is 0 Å². The number of unbranched alkanes of at least 4 members (excludes halogenated alkanes) is 2. The van der Waals surface area contributed by atoms with Crippen LogP contribution in [0.15, 0.2) is 0 Å². The van der Waals surface area contributed by atoms with Crippen LogP contribution in [0, 0.1) is 0 Å². The quantitative estimate of drug-likeness (QED) is 0.326. The molecule has 0 aromatic rings. The van der Waals surface area contributed by atoms with Gasteiger partial charge in [-0.15, -0.1) is 0 Å². The predicted octanol–water partition coefficient (Wildman–Crippen LogP) is -0.238. The van der Waals surface area contributed by atoms with Gasteiger partial charge < -0.3 is 20.6 Å². The van der Waals surface area contributed by atoms with Crippen LogP contribution in [0.2, 0.25) is 12.6 Å². The Morgan fingerprint density at radius 2 is 1.85 bits per heavy atom. The first kappa shape index (κ1) is 13.1. The highest BCUT2D eigenvalue weighted by molar-refractivity contribution is 6.63. The lowest BCUT2D eigenvalue weighted by molar-refractivity contribution is 0.366. The van der Waals surface area contributed by atoms with Crippen LogP contribution in [0.4, 0.5) is 0 Å². The van der Waals surface area contributed by atoms with Gasteiger partial charge in [0.1, 0.15) is 0 Å². The molecule has 0 saturated carbocycles. The Morgan fingerprint density at radius 1 is 1.15 bits per heavy atom.